The quantitative estimate of drug-likeness (QED) is 0.429. The summed E-state index contributed by atoms with van der Waals surface area (Å²) in [5, 5.41) is 7.02. The Morgan fingerprint density at radius 1 is 0.963 bits per heavy atom. The molecule has 0 aliphatic rings. The average molecular weight is 354 g/mol. The van der Waals surface area contributed by atoms with Crippen LogP contribution in [0.5, 0.6) is 0 Å². The molecular weight excluding hydrogens is 336 g/mol. The second-order valence-electron chi connectivity index (χ2n) is 6.47. The molecule has 1 atom stereocenters. The van der Waals surface area contributed by atoms with Crippen LogP contribution < -0.4 is 0 Å². The van der Waals surface area contributed by atoms with Crippen molar-refractivity contribution in [2.45, 2.75) is 6.10 Å². The minimum Gasteiger partial charge on any atom is -0.466 e. The van der Waals surface area contributed by atoms with Gasteiger partial charge in [0.25, 0.3) is 0 Å². The number of hydrogen-bond acceptors (Lipinski definition) is 3. The molecule has 0 radical (unpaired) electrons. The highest BCUT2D eigenvalue weighted by Gasteiger charge is 2.23. The molecule has 0 fully saturated rings. The third-order valence-electron chi connectivity index (χ3n) is 4.92. The molecule has 0 N–H and O–H groups in total. The van der Waals surface area contributed by atoms with Crippen LogP contribution in [0.3, 0.4) is 0 Å². The molecule has 1 unspecified atom stereocenters. The molecule has 0 saturated heterocycles. The summed E-state index contributed by atoms with van der Waals surface area (Å²) in [6.07, 6.45) is 3.23. The SMILES string of the molecule is COC(c1ccco1)c1cnn2c(-c3ccccc3)cc3ccccc3c12. The second-order valence-corrected chi connectivity index (χ2v) is 6.47. The summed E-state index contributed by atoms with van der Waals surface area (Å²) in [6, 6.07) is 24.7. The van der Waals surface area contributed by atoms with Crippen LogP contribution >= 0.6 is 0 Å². The summed E-state index contributed by atoms with van der Waals surface area (Å²) in [5.74, 6) is 0.765. The van der Waals surface area contributed by atoms with Crippen LogP contribution in [-0.4, -0.2) is 16.7 Å². The van der Waals surface area contributed by atoms with E-state index in [-0.39, 0.29) is 6.10 Å². The van der Waals surface area contributed by atoms with Crippen LogP contribution in [0.4, 0.5) is 0 Å². The summed E-state index contributed by atoms with van der Waals surface area (Å²) in [7, 11) is 1.69. The second kappa shape index (κ2) is 6.41. The fraction of sp³-hybridized carbons (Fsp3) is 0.0870. The van der Waals surface area contributed by atoms with Crippen molar-refractivity contribution >= 4 is 16.3 Å². The van der Waals surface area contributed by atoms with Gasteiger partial charge in [-0.1, -0.05) is 54.6 Å². The van der Waals surface area contributed by atoms with Crippen molar-refractivity contribution in [1.82, 2.24) is 9.61 Å². The van der Waals surface area contributed by atoms with Crippen LogP contribution in [0, 0.1) is 0 Å². The molecule has 2 aromatic carbocycles. The molecule has 4 nitrogen and oxygen atoms in total. The highest BCUT2D eigenvalue weighted by atomic mass is 16.5. The van der Waals surface area contributed by atoms with E-state index in [0.29, 0.717) is 0 Å². The number of rotatable bonds is 4. The number of hydrogen-bond donors (Lipinski definition) is 0. The normalized spacial score (nSPS) is 12.6. The first kappa shape index (κ1) is 15.9. The van der Waals surface area contributed by atoms with Gasteiger partial charge in [-0.25, -0.2) is 4.52 Å². The summed E-state index contributed by atoms with van der Waals surface area (Å²) < 4.78 is 13.4. The molecular formula is C23H18N2O2. The number of aromatic nitrogens is 2. The Kier molecular flexibility index (Phi) is 3.77. The largest absolute Gasteiger partial charge is 0.466 e. The zero-order valence-corrected chi connectivity index (χ0v) is 14.9. The number of nitrogens with zero attached hydrogens (tertiary/aromatic N) is 2. The third-order valence-corrected chi connectivity index (χ3v) is 4.92. The smallest absolute Gasteiger partial charge is 0.143 e. The monoisotopic (exact) mass is 354 g/mol. The lowest BCUT2D eigenvalue weighted by atomic mass is 10.0. The summed E-state index contributed by atoms with van der Waals surface area (Å²) in [6.45, 7) is 0. The van der Waals surface area contributed by atoms with Gasteiger partial charge in [0.1, 0.15) is 11.9 Å². The first-order chi connectivity index (χ1) is 13.4. The number of pyridine rings is 1. The predicted molar refractivity (Wildman–Crippen MR) is 106 cm³/mol. The van der Waals surface area contributed by atoms with E-state index in [1.165, 1.54) is 5.39 Å². The lowest BCUT2D eigenvalue weighted by Gasteiger charge is -2.14. The first-order valence-electron chi connectivity index (χ1n) is 8.88. The number of ether oxygens (including phenoxy) is 1. The summed E-state index contributed by atoms with van der Waals surface area (Å²) in [5.41, 5.74) is 4.19. The molecule has 3 aromatic heterocycles. The van der Waals surface area contributed by atoms with Gasteiger partial charge < -0.3 is 9.15 Å². The zero-order chi connectivity index (χ0) is 18.2. The Morgan fingerprint density at radius 2 is 1.78 bits per heavy atom. The maximum atomic E-state index is 5.79. The van der Waals surface area contributed by atoms with Crippen LogP contribution in [0.2, 0.25) is 0 Å². The predicted octanol–water partition coefficient (Wildman–Crippen LogP) is 5.48. The molecule has 0 bridgehead atoms. The Labute approximate surface area is 156 Å². The van der Waals surface area contributed by atoms with Crippen molar-refractivity contribution in [2.24, 2.45) is 0 Å². The Morgan fingerprint density at radius 3 is 2.56 bits per heavy atom. The minimum absolute atomic E-state index is 0.313. The van der Waals surface area contributed by atoms with E-state index in [2.05, 4.69) is 42.5 Å². The van der Waals surface area contributed by atoms with Gasteiger partial charge in [-0.05, 0) is 23.6 Å². The maximum absolute atomic E-state index is 5.79. The lowest BCUT2D eigenvalue weighted by molar-refractivity contribution is 0.117. The topological polar surface area (TPSA) is 39.7 Å². The summed E-state index contributed by atoms with van der Waals surface area (Å²) in [4.78, 5) is 0. The van der Waals surface area contributed by atoms with Crippen molar-refractivity contribution < 1.29 is 9.15 Å². The van der Waals surface area contributed by atoms with Crippen molar-refractivity contribution in [3.05, 3.63) is 96.6 Å². The first-order valence-corrected chi connectivity index (χ1v) is 8.88. The van der Waals surface area contributed by atoms with Gasteiger partial charge in [0.15, 0.2) is 0 Å². The van der Waals surface area contributed by atoms with Gasteiger partial charge in [0.2, 0.25) is 0 Å². The van der Waals surface area contributed by atoms with Gasteiger partial charge >= 0.3 is 0 Å². The lowest BCUT2D eigenvalue weighted by Crippen LogP contribution is -2.03. The number of methoxy groups -OCH3 is 1. The molecule has 5 rings (SSSR count). The third kappa shape index (κ3) is 2.54. The molecule has 0 aliphatic heterocycles. The van der Waals surface area contributed by atoms with Crippen LogP contribution in [0.15, 0.2) is 89.7 Å². The van der Waals surface area contributed by atoms with Gasteiger partial charge in [0, 0.05) is 23.6 Å². The van der Waals surface area contributed by atoms with Gasteiger partial charge in [-0.3, -0.25) is 0 Å². The van der Waals surface area contributed by atoms with E-state index < -0.39 is 0 Å². The molecule has 0 amide bonds. The standard InChI is InChI=1S/C23H18N2O2/c1-26-23(21-12-7-13-27-21)19-15-24-25-20(16-8-3-2-4-9-16)14-17-10-5-6-11-18(17)22(19)25/h2-15,23H,1H3. The van der Waals surface area contributed by atoms with Gasteiger partial charge in [-0.2, -0.15) is 5.10 Å². The van der Waals surface area contributed by atoms with Crippen LogP contribution in [-0.2, 0) is 4.74 Å². The number of benzene rings is 2. The van der Waals surface area contributed by atoms with Crippen LogP contribution in [0.25, 0.3) is 27.5 Å². The average Bonchev–Trinajstić information content (AvgIpc) is 3.40. The van der Waals surface area contributed by atoms with Crippen molar-refractivity contribution in [3.63, 3.8) is 0 Å². The van der Waals surface area contributed by atoms with E-state index in [9.17, 15) is 0 Å². The molecule has 5 aromatic rings. The Hall–Kier alpha value is -3.37. The zero-order valence-electron chi connectivity index (χ0n) is 14.9. The molecule has 4 heteroatoms. The van der Waals surface area contributed by atoms with Gasteiger partial charge in [0.05, 0.1) is 23.7 Å². The van der Waals surface area contributed by atoms with E-state index in [0.717, 1.165) is 33.5 Å². The van der Waals surface area contributed by atoms with E-state index >= 15 is 0 Å². The van der Waals surface area contributed by atoms with E-state index in [1.807, 2.05) is 41.0 Å². The van der Waals surface area contributed by atoms with Gasteiger partial charge in [-0.15, -0.1) is 0 Å². The molecule has 132 valence electrons. The highest BCUT2D eigenvalue weighted by molar-refractivity contribution is 6.00. The molecule has 27 heavy (non-hydrogen) atoms. The Balaban J connectivity index is 1.86. The molecule has 0 saturated carbocycles. The molecule has 0 aliphatic carbocycles. The highest BCUT2D eigenvalue weighted by Crippen LogP contribution is 2.35. The fourth-order valence-corrected chi connectivity index (χ4v) is 3.70. The number of furan rings is 1. The van der Waals surface area contributed by atoms with Crippen LogP contribution in [0.1, 0.15) is 17.4 Å². The van der Waals surface area contributed by atoms with E-state index in [1.54, 1.807) is 13.4 Å². The summed E-state index contributed by atoms with van der Waals surface area (Å²) >= 11 is 0. The minimum atomic E-state index is -0.313. The van der Waals surface area contributed by atoms with Crippen molar-refractivity contribution in [3.8, 4) is 11.3 Å². The van der Waals surface area contributed by atoms with Crippen molar-refractivity contribution in [1.29, 1.82) is 0 Å². The van der Waals surface area contributed by atoms with Crippen molar-refractivity contribution in [2.75, 3.05) is 7.11 Å². The molecule has 3 heterocycles. The fourth-order valence-electron chi connectivity index (χ4n) is 3.70. The molecule has 0 spiro atoms. The Bertz CT molecular complexity index is 1210. The maximum Gasteiger partial charge on any atom is 0.143 e. The number of fused-ring (bicyclic) bond motifs is 3. The van der Waals surface area contributed by atoms with E-state index in [4.69, 9.17) is 14.3 Å².